The van der Waals surface area contributed by atoms with Crippen molar-refractivity contribution in [2.45, 2.75) is 18.9 Å². The lowest BCUT2D eigenvalue weighted by Gasteiger charge is -2.25. The van der Waals surface area contributed by atoms with Crippen molar-refractivity contribution < 1.29 is 0 Å². The molecule has 2 aromatic rings. The number of nitrogen functional groups attached to an aromatic ring is 1. The van der Waals surface area contributed by atoms with E-state index in [9.17, 15) is 0 Å². The zero-order chi connectivity index (χ0) is 16.9. The van der Waals surface area contributed by atoms with E-state index in [4.69, 9.17) is 5.73 Å². The number of aromatic nitrogens is 3. The van der Waals surface area contributed by atoms with Crippen LogP contribution in [0.1, 0.15) is 23.0 Å². The monoisotopic (exact) mass is 327 g/mol. The lowest BCUT2D eigenvalue weighted by molar-refractivity contribution is 0.306. The maximum Gasteiger partial charge on any atom is 0.222 e. The van der Waals surface area contributed by atoms with Gasteiger partial charge in [-0.25, -0.2) is 4.98 Å². The Hall–Kier alpha value is -2.25. The molecule has 0 spiro atoms. The first kappa shape index (κ1) is 16.6. The first-order chi connectivity index (χ1) is 11.6. The number of likely N-dealkylation sites (N-methyl/N-ethyl adjacent to an activating group) is 1. The molecule has 3 rings (SSSR count). The molecule has 0 saturated carbocycles. The van der Waals surface area contributed by atoms with Gasteiger partial charge in [0, 0.05) is 31.3 Å². The van der Waals surface area contributed by atoms with E-state index in [1.807, 2.05) is 24.4 Å². The van der Waals surface area contributed by atoms with Crippen molar-refractivity contribution in [2.24, 2.45) is 0 Å². The van der Waals surface area contributed by atoms with E-state index in [1.165, 1.54) is 5.56 Å². The number of anilines is 2. The second-order valence-corrected chi connectivity index (χ2v) is 6.22. The van der Waals surface area contributed by atoms with Gasteiger partial charge in [-0.1, -0.05) is 6.07 Å². The van der Waals surface area contributed by atoms with E-state index < -0.39 is 0 Å². The average Bonchev–Trinajstić information content (AvgIpc) is 2.81. The molecule has 0 aromatic carbocycles. The summed E-state index contributed by atoms with van der Waals surface area (Å²) in [7, 11) is 4.11. The summed E-state index contributed by atoms with van der Waals surface area (Å²) in [5, 5.41) is 6.88. The number of nitrogens with two attached hydrogens (primary N) is 1. The van der Waals surface area contributed by atoms with Gasteiger partial charge in [0.2, 0.25) is 5.95 Å². The minimum Gasteiger partial charge on any atom is -0.368 e. The quantitative estimate of drug-likeness (QED) is 0.750. The lowest BCUT2D eigenvalue weighted by Crippen LogP contribution is -2.28. The van der Waals surface area contributed by atoms with Crippen molar-refractivity contribution in [3.05, 3.63) is 41.3 Å². The molecule has 7 nitrogen and oxygen atoms in total. The average molecular weight is 327 g/mol. The summed E-state index contributed by atoms with van der Waals surface area (Å²) < 4.78 is 0. The van der Waals surface area contributed by atoms with Crippen LogP contribution in [0.4, 0.5) is 11.8 Å². The molecule has 128 valence electrons. The molecule has 1 aliphatic rings. The minimum atomic E-state index is 0.155. The highest BCUT2D eigenvalue weighted by Crippen LogP contribution is 2.22. The third-order valence-electron chi connectivity index (χ3n) is 4.32. The van der Waals surface area contributed by atoms with Crippen LogP contribution in [0.25, 0.3) is 0 Å². The molecule has 24 heavy (non-hydrogen) atoms. The Kier molecular flexibility index (Phi) is 5.22. The first-order valence-electron chi connectivity index (χ1n) is 8.32. The second-order valence-electron chi connectivity index (χ2n) is 6.22. The summed E-state index contributed by atoms with van der Waals surface area (Å²) >= 11 is 0. The van der Waals surface area contributed by atoms with Crippen molar-refractivity contribution >= 4 is 11.8 Å². The molecular weight excluding hydrogens is 302 g/mol. The normalized spacial score (nSPS) is 15.6. The molecule has 7 heteroatoms. The molecule has 4 N–H and O–H groups in total. The standard InChI is InChI=1S/C17H25N7/c1-24(2)15(14-5-3-4-8-20-14)11-21-16-12-6-9-19-10-7-13(12)22-17(18)23-16/h3-5,8,15,19H,6-7,9-11H2,1-2H3,(H3,18,21,22,23). The van der Waals surface area contributed by atoms with Crippen LogP contribution >= 0.6 is 0 Å². The number of pyridine rings is 1. The zero-order valence-electron chi connectivity index (χ0n) is 14.3. The van der Waals surface area contributed by atoms with Crippen LogP contribution in [0.5, 0.6) is 0 Å². The lowest BCUT2D eigenvalue weighted by atomic mass is 10.1. The van der Waals surface area contributed by atoms with Gasteiger partial charge < -0.3 is 16.4 Å². The van der Waals surface area contributed by atoms with Gasteiger partial charge in [0.15, 0.2) is 0 Å². The smallest absolute Gasteiger partial charge is 0.222 e. The fourth-order valence-electron chi connectivity index (χ4n) is 3.03. The minimum absolute atomic E-state index is 0.155. The van der Waals surface area contributed by atoms with Crippen LogP contribution in [-0.4, -0.2) is 53.6 Å². The molecule has 1 atom stereocenters. The van der Waals surface area contributed by atoms with Crippen LogP contribution in [0.2, 0.25) is 0 Å². The number of nitrogens with zero attached hydrogens (tertiary/aromatic N) is 4. The number of hydrogen-bond acceptors (Lipinski definition) is 7. The summed E-state index contributed by atoms with van der Waals surface area (Å²) in [6.45, 7) is 2.57. The zero-order valence-corrected chi connectivity index (χ0v) is 14.3. The fraction of sp³-hybridized carbons (Fsp3) is 0.471. The summed E-state index contributed by atoms with van der Waals surface area (Å²) in [6, 6.07) is 6.15. The molecule has 0 amide bonds. The third kappa shape index (κ3) is 3.80. The molecule has 0 fully saturated rings. The van der Waals surface area contributed by atoms with Gasteiger partial charge in [-0.3, -0.25) is 9.88 Å². The molecule has 1 aliphatic heterocycles. The Bertz CT molecular complexity index is 672. The number of fused-ring (bicyclic) bond motifs is 1. The van der Waals surface area contributed by atoms with E-state index in [2.05, 4.69) is 44.6 Å². The van der Waals surface area contributed by atoms with Crippen molar-refractivity contribution in [1.82, 2.24) is 25.2 Å². The van der Waals surface area contributed by atoms with Gasteiger partial charge in [0.25, 0.3) is 0 Å². The fourth-order valence-corrected chi connectivity index (χ4v) is 3.03. The molecule has 3 heterocycles. The van der Waals surface area contributed by atoms with Crippen LogP contribution in [-0.2, 0) is 12.8 Å². The van der Waals surface area contributed by atoms with Gasteiger partial charge in [-0.05, 0) is 39.2 Å². The van der Waals surface area contributed by atoms with Gasteiger partial charge in [0.1, 0.15) is 5.82 Å². The van der Waals surface area contributed by atoms with Gasteiger partial charge in [-0.15, -0.1) is 0 Å². The number of nitrogens with one attached hydrogen (secondary N) is 2. The van der Waals surface area contributed by atoms with E-state index in [0.29, 0.717) is 12.5 Å². The Morgan fingerprint density at radius 2 is 2.08 bits per heavy atom. The Labute approximate surface area is 142 Å². The van der Waals surface area contributed by atoms with Crippen LogP contribution in [0.15, 0.2) is 24.4 Å². The van der Waals surface area contributed by atoms with Gasteiger partial charge >= 0.3 is 0 Å². The highest BCUT2D eigenvalue weighted by atomic mass is 15.2. The summed E-state index contributed by atoms with van der Waals surface area (Å²) in [4.78, 5) is 15.5. The topological polar surface area (TPSA) is 92.0 Å². The van der Waals surface area contributed by atoms with Crippen LogP contribution < -0.4 is 16.4 Å². The maximum absolute atomic E-state index is 5.91. The number of rotatable bonds is 5. The maximum atomic E-state index is 5.91. The molecule has 0 bridgehead atoms. The summed E-state index contributed by atoms with van der Waals surface area (Å²) in [5.41, 5.74) is 9.16. The summed E-state index contributed by atoms with van der Waals surface area (Å²) in [6.07, 6.45) is 3.62. The van der Waals surface area contributed by atoms with Gasteiger partial charge in [-0.2, -0.15) is 4.98 Å². The third-order valence-corrected chi connectivity index (χ3v) is 4.32. The highest BCUT2D eigenvalue weighted by molar-refractivity contribution is 5.50. The second kappa shape index (κ2) is 7.55. The van der Waals surface area contributed by atoms with E-state index in [0.717, 1.165) is 43.1 Å². The van der Waals surface area contributed by atoms with Crippen molar-refractivity contribution in [2.75, 3.05) is 44.8 Å². The van der Waals surface area contributed by atoms with E-state index in [-0.39, 0.29) is 6.04 Å². The Morgan fingerprint density at radius 3 is 2.83 bits per heavy atom. The van der Waals surface area contributed by atoms with Crippen molar-refractivity contribution in [3.8, 4) is 0 Å². The van der Waals surface area contributed by atoms with Crippen LogP contribution in [0, 0.1) is 0 Å². The predicted octanol–water partition coefficient (Wildman–Crippen LogP) is 0.857. The highest BCUT2D eigenvalue weighted by Gasteiger charge is 2.19. The molecule has 2 aromatic heterocycles. The van der Waals surface area contributed by atoms with E-state index >= 15 is 0 Å². The molecule has 0 saturated heterocycles. The largest absolute Gasteiger partial charge is 0.368 e. The van der Waals surface area contributed by atoms with Crippen LogP contribution in [0.3, 0.4) is 0 Å². The molecular formula is C17H25N7. The number of hydrogen-bond donors (Lipinski definition) is 3. The van der Waals surface area contributed by atoms with Gasteiger partial charge in [0.05, 0.1) is 17.4 Å². The van der Waals surface area contributed by atoms with E-state index in [1.54, 1.807) is 0 Å². The Balaban J connectivity index is 1.81. The predicted molar refractivity (Wildman–Crippen MR) is 95.9 cm³/mol. The molecule has 1 unspecified atom stereocenters. The van der Waals surface area contributed by atoms with Crippen molar-refractivity contribution in [1.29, 1.82) is 0 Å². The SMILES string of the molecule is CN(C)C(CNc1nc(N)nc2c1CCNCC2)c1ccccn1. The molecule has 0 aliphatic carbocycles. The molecule has 0 radical (unpaired) electrons. The summed E-state index contributed by atoms with van der Waals surface area (Å²) in [5.74, 6) is 1.18. The van der Waals surface area contributed by atoms with Crippen molar-refractivity contribution in [3.63, 3.8) is 0 Å². The Morgan fingerprint density at radius 1 is 1.25 bits per heavy atom. The first-order valence-corrected chi connectivity index (χ1v) is 8.32.